The molecule has 0 saturated heterocycles. The smallest absolute Gasteiger partial charge is 0.242 e. The number of aromatic nitrogens is 2. The summed E-state index contributed by atoms with van der Waals surface area (Å²) in [6.07, 6.45) is 4.22. The molecule has 0 N–H and O–H groups in total. The zero-order chi connectivity index (χ0) is 20.6. The zero-order valence-electron chi connectivity index (χ0n) is 18.3. The fourth-order valence-electron chi connectivity index (χ4n) is 5.19. The van der Waals surface area contributed by atoms with E-state index in [1.165, 1.54) is 40.3 Å². The quantitative estimate of drug-likeness (QED) is 0.369. The third kappa shape index (κ3) is 2.56. The van der Waals surface area contributed by atoms with Gasteiger partial charge in [0.15, 0.2) is 7.05 Å². The van der Waals surface area contributed by atoms with E-state index in [0.717, 1.165) is 22.4 Å². The number of fused-ring (bicyclic) bond motifs is 5. The average Bonchev–Trinajstić information content (AvgIpc) is 3.04. The Balaban J connectivity index is 1.95. The third-order valence-electron chi connectivity index (χ3n) is 6.98. The van der Waals surface area contributed by atoms with Crippen LogP contribution in [-0.2, 0) is 17.9 Å². The first-order valence-electron chi connectivity index (χ1n) is 10.5. The van der Waals surface area contributed by atoms with Crippen LogP contribution in [0.5, 0.6) is 0 Å². The molecule has 3 nitrogen and oxygen atoms in total. The van der Waals surface area contributed by atoms with E-state index < -0.39 is 0 Å². The second-order valence-electron chi connectivity index (χ2n) is 9.90. The van der Waals surface area contributed by atoms with Gasteiger partial charge in [-0.1, -0.05) is 50.6 Å². The average molecular weight is 386 g/mol. The maximum absolute atomic E-state index is 6.56. The van der Waals surface area contributed by atoms with Crippen molar-refractivity contribution in [3.63, 3.8) is 0 Å². The van der Waals surface area contributed by atoms with Crippen molar-refractivity contribution in [1.29, 1.82) is 0 Å². The molecule has 0 atom stereocenters. The van der Waals surface area contributed by atoms with Gasteiger partial charge in [0.25, 0.3) is 0 Å². The number of furan rings is 1. The second-order valence-corrected chi connectivity index (χ2v) is 9.90. The summed E-state index contributed by atoms with van der Waals surface area (Å²) in [6, 6.07) is 13.1. The summed E-state index contributed by atoms with van der Waals surface area (Å²) in [7, 11) is 1.99. The summed E-state index contributed by atoms with van der Waals surface area (Å²) in [4.78, 5) is 0. The van der Waals surface area contributed by atoms with Gasteiger partial charge in [0, 0.05) is 16.8 Å². The van der Waals surface area contributed by atoms with Crippen LogP contribution < -0.4 is 4.68 Å². The van der Waals surface area contributed by atoms with Gasteiger partial charge in [-0.2, -0.15) is 0 Å². The van der Waals surface area contributed by atoms with Gasteiger partial charge in [-0.25, -0.2) is 0 Å². The van der Waals surface area contributed by atoms with Crippen LogP contribution in [0.25, 0.3) is 33.2 Å². The van der Waals surface area contributed by atoms with Crippen LogP contribution in [0.4, 0.5) is 0 Å². The van der Waals surface area contributed by atoms with Crippen molar-refractivity contribution in [1.82, 2.24) is 5.10 Å². The second kappa shape index (κ2) is 5.91. The van der Waals surface area contributed by atoms with E-state index in [1.54, 1.807) is 0 Å². The Morgan fingerprint density at radius 3 is 2.48 bits per heavy atom. The highest BCUT2D eigenvalue weighted by molar-refractivity contribution is 6.12. The topological polar surface area (TPSA) is 29.9 Å². The molecule has 2 aromatic carbocycles. The molecule has 0 radical (unpaired) electrons. The third-order valence-corrected chi connectivity index (χ3v) is 6.98. The molecule has 1 aliphatic rings. The van der Waals surface area contributed by atoms with Crippen molar-refractivity contribution in [2.24, 2.45) is 7.05 Å². The fraction of sp³-hybridized carbons (Fsp3) is 0.385. The van der Waals surface area contributed by atoms with Gasteiger partial charge in [0.2, 0.25) is 5.69 Å². The standard InChI is InChI=1S/C26H29N2O/c1-16-9-10-17-22-20(29-24(17)21(16)19-8-7-15-27-28(19)6)12-11-18-23(22)26(4,5)14-13-25(18,2)3/h7-12,15H,13-14H2,1-6H3/q+1. The molecule has 0 fully saturated rings. The summed E-state index contributed by atoms with van der Waals surface area (Å²) in [5, 5.41) is 6.95. The Morgan fingerprint density at radius 2 is 1.72 bits per heavy atom. The van der Waals surface area contributed by atoms with Crippen molar-refractivity contribution in [3.05, 3.63) is 59.3 Å². The van der Waals surface area contributed by atoms with Crippen LogP contribution in [0.15, 0.2) is 47.0 Å². The highest BCUT2D eigenvalue weighted by Gasteiger charge is 2.39. The molecule has 0 saturated carbocycles. The molecule has 29 heavy (non-hydrogen) atoms. The number of hydrogen-bond donors (Lipinski definition) is 0. The summed E-state index contributed by atoms with van der Waals surface area (Å²) in [5.74, 6) is 0. The molecular formula is C26H29N2O+. The van der Waals surface area contributed by atoms with Crippen LogP contribution in [0, 0.1) is 6.92 Å². The Labute approximate surface area is 172 Å². The molecule has 1 aliphatic carbocycles. The lowest BCUT2D eigenvalue weighted by atomic mass is 9.62. The molecule has 5 rings (SSSR count). The molecule has 0 amide bonds. The fourth-order valence-corrected chi connectivity index (χ4v) is 5.19. The first kappa shape index (κ1) is 18.4. The predicted octanol–water partition coefficient (Wildman–Crippen LogP) is 6.13. The first-order valence-corrected chi connectivity index (χ1v) is 10.5. The van der Waals surface area contributed by atoms with Crippen molar-refractivity contribution < 1.29 is 9.10 Å². The van der Waals surface area contributed by atoms with Crippen molar-refractivity contribution >= 4 is 21.9 Å². The lowest BCUT2D eigenvalue weighted by Crippen LogP contribution is -2.35. The minimum absolute atomic E-state index is 0.130. The van der Waals surface area contributed by atoms with Crippen LogP contribution >= 0.6 is 0 Å². The molecule has 2 aromatic heterocycles. The lowest BCUT2D eigenvalue weighted by molar-refractivity contribution is -0.720. The molecule has 0 aliphatic heterocycles. The molecule has 0 unspecified atom stereocenters. The van der Waals surface area contributed by atoms with Crippen molar-refractivity contribution in [2.45, 2.75) is 58.3 Å². The largest absolute Gasteiger partial charge is 0.455 e. The molecule has 3 heteroatoms. The predicted molar refractivity (Wildman–Crippen MR) is 118 cm³/mol. The van der Waals surface area contributed by atoms with Crippen molar-refractivity contribution in [3.8, 4) is 11.3 Å². The van der Waals surface area contributed by atoms with E-state index in [2.05, 4.69) is 70.0 Å². The summed E-state index contributed by atoms with van der Waals surface area (Å²) in [6.45, 7) is 11.7. The van der Waals surface area contributed by atoms with Crippen LogP contribution in [-0.4, -0.2) is 5.10 Å². The number of hydrogen-bond acceptors (Lipinski definition) is 2. The first-order chi connectivity index (χ1) is 13.7. The summed E-state index contributed by atoms with van der Waals surface area (Å²) < 4.78 is 8.49. The molecule has 2 heterocycles. The van der Waals surface area contributed by atoms with E-state index >= 15 is 0 Å². The highest BCUT2D eigenvalue weighted by atomic mass is 16.3. The Kier molecular flexibility index (Phi) is 3.74. The van der Waals surface area contributed by atoms with Crippen LogP contribution in [0.1, 0.15) is 57.2 Å². The van der Waals surface area contributed by atoms with Crippen molar-refractivity contribution in [2.75, 3.05) is 0 Å². The molecule has 148 valence electrons. The Morgan fingerprint density at radius 1 is 0.966 bits per heavy atom. The summed E-state index contributed by atoms with van der Waals surface area (Å²) >= 11 is 0. The zero-order valence-corrected chi connectivity index (χ0v) is 18.3. The lowest BCUT2D eigenvalue weighted by Gasteiger charge is -2.42. The van der Waals surface area contributed by atoms with Gasteiger partial charge in [0.05, 0.1) is 11.8 Å². The number of benzene rings is 2. The van der Waals surface area contributed by atoms with Gasteiger partial charge in [-0.3, -0.25) is 0 Å². The molecule has 0 bridgehead atoms. The van der Waals surface area contributed by atoms with E-state index in [-0.39, 0.29) is 10.8 Å². The SMILES string of the molecule is Cc1ccc2c(oc3ccc4c(c32)C(C)(C)CCC4(C)C)c1-c1cccn[n+]1C. The van der Waals surface area contributed by atoms with Gasteiger partial charge >= 0.3 is 0 Å². The van der Waals surface area contributed by atoms with Gasteiger partial charge in [-0.15, -0.1) is 0 Å². The maximum Gasteiger partial charge on any atom is 0.242 e. The van der Waals surface area contributed by atoms with Gasteiger partial charge in [0.1, 0.15) is 11.2 Å². The minimum atomic E-state index is 0.130. The van der Waals surface area contributed by atoms with E-state index in [0.29, 0.717) is 0 Å². The maximum atomic E-state index is 6.56. The Bertz CT molecular complexity index is 1280. The number of rotatable bonds is 1. The number of aryl methyl sites for hydroxylation is 2. The Hall–Kier alpha value is -2.68. The normalized spacial score (nSPS) is 17.6. The highest BCUT2D eigenvalue weighted by Crippen LogP contribution is 2.51. The number of nitrogens with zero attached hydrogens (tertiary/aromatic N) is 2. The minimum Gasteiger partial charge on any atom is -0.455 e. The van der Waals surface area contributed by atoms with Crippen LogP contribution in [0.2, 0.25) is 0 Å². The molecular weight excluding hydrogens is 356 g/mol. The van der Waals surface area contributed by atoms with Gasteiger partial charge < -0.3 is 4.42 Å². The van der Waals surface area contributed by atoms with E-state index in [4.69, 9.17) is 4.42 Å². The van der Waals surface area contributed by atoms with E-state index in [1.807, 2.05) is 24.0 Å². The summed E-state index contributed by atoms with van der Waals surface area (Å²) in [5.41, 5.74) is 8.62. The molecule has 4 aromatic rings. The van der Waals surface area contributed by atoms with Crippen LogP contribution in [0.3, 0.4) is 0 Å². The molecule has 0 spiro atoms. The van der Waals surface area contributed by atoms with Gasteiger partial charge in [-0.05, 0) is 64.5 Å². The monoisotopic (exact) mass is 385 g/mol. The van der Waals surface area contributed by atoms with E-state index in [9.17, 15) is 0 Å².